The summed E-state index contributed by atoms with van der Waals surface area (Å²) in [5.41, 5.74) is 0.838. The predicted molar refractivity (Wildman–Crippen MR) is 74.5 cm³/mol. The summed E-state index contributed by atoms with van der Waals surface area (Å²) in [5, 5.41) is 13.7. The average molecular weight is 290 g/mol. The summed E-state index contributed by atoms with van der Waals surface area (Å²) in [7, 11) is 3.23. The Kier molecular flexibility index (Phi) is 4.62. The molecule has 21 heavy (non-hydrogen) atoms. The highest BCUT2D eigenvalue weighted by Crippen LogP contribution is 2.33. The molecule has 8 heteroatoms. The highest BCUT2D eigenvalue weighted by atomic mass is 16.6. The second-order valence-electron chi connectivity index (χ2n) is 4.10. The van der Waals surface area contributed by atoms with E-state index in [1.807, 2.05) is 7.05 Å². The molecule has 0 atom stereocenters. The monoisotopic (exact) mass is 290 g/mol. The normalized spacial score (nSPS) is 10.2. The van der Waals surface area contributed by atoms with Crippen molar-refractivity contribution in [1.29, 1.82) is 0 Å². The number of benzene rings is 1. The molecule has 0 aliphatic rings. The Balaban J connectivity index is 2.20. The molecular formula is C13H14N4O4. The van der Waals surface area contributed by atoms with Crippen molar-refractivity contribution >= 4 is 5.69 Å². The fourth-order valence-corrected chi connectivity index (χ4v) is 1.64. The lowest BCUT2D eigenvalue weighted by molar-refractivity contribution is -0.384. The number of methoxy groups -OCH3 is 1. The minimum Gasteiger partial charge on any atom is -0.493 e. The molecule has 0 fully saturated rings. The van der Waals surface area contributed by atoms with Crippen LogP contribution >= 0.6 is 0 Å². The van der Waals surface area contributed by atoms with Gasteiger partial charge in [-0.25, -0.2) is 9.97 Å². The number of hydrogen-bond donors (Lipinski definition) is 1. The number of nitro groups is 1. The predicted octanol–water partition coefficient (Wildman–Crippen LogP) is 1.91. The maximum atomic E-state index is 10.7. The van der Waals surface area contributed by atoms with Crippen LogP contribution in [0.5, 0.6) is 17.5 Å². The van der Waals surface area contributed by atoms with Gasteiger partial charge in [-0.05, 0) is 13.1 Å². The van der Waals surface area contributed by atoms with E-state index in [0.717, 1.165) is 5.56 Å². The number of rotatable bonds is 6. The van der Waals surface area contributed by atoms with Gasteiger partial charge in [0.25, 0.3) is 5.69 Å². The third kappa shape index (κ3) is 3.63. The quantitative estimate of drug-likeness (QED) is 0.640. The summed E-state index contributed by atoms with van der Waals surface area (Å²) in [4.78, 5) is 18.3. The molecule has 0 saturated heterocycles. The van der Waals surface area contributed by atoms with Crippen molar-refractivity contribution in [3.63, 3.8) is 0 Å². The van der Waals surface area contributed by atoms with Crippen molar-refractivity contribution in [2.45, 2.75) is 6.54 Å². The fourth-order valence-electron chi connectivity index (χ4n) is 1.64. The molecule has 0 radical (unpaired) electrons. The second kappa shape index (κ2) is 6.62. The van der Waals surface area contributed by atoms with Crippen LogP contribution < -0.4 is 14.8 Å². The molecule has 0 bridgehead atoms. The van der Waals surface area contributed by atoms with Crippen molar-refractivity contribution < 1.29 is 14.4 Å². The molecule has 0 amide bonds. The van der Waals surface area contributed by atoms with Crippen LogP contribution in [0.15, 0.2) is 30.6 Å². The molecule has 1 aromatic carbocycles. The minimum absolute atomic E-state index is 0.0792. The van der Waals surface area contributed by atoms with Crippen molar-refractivity contribution in [1.82, 2.24) is 15.3 Å². The van der Waals surface area contributed by atoms with Crippen molar-refractivity contribution in [3.8, 4) is 17.5 Å². The Bertz CT molecular complexity index is 631. The Hall–Kier alpha value is -2.74. The molecule has 1 heterocycles. The first-order chi connectivity index (χ1) is 10.1. The van der Waals surface area contributed by atoms with Gasteiger partial charge in [0.15, 0.2) is 11.5 Å². The highest BCUT2D eigenvalue weighted by Gasteiger charge is 2.13. The summed E-state index contributed by atoms with van der Waals surface area (Å²) in [6.07, 6.45) is 3.27. The van der Waals surface area contributed by atoms with Crippen molar-refractivity contribution in [3.05, 3.63) is 46.3 Å². The molecule has 8 nitrogen and oxygen atoms in total. The van der Waals surface area contributed by atoms with Gasteiger partial charge in [0, 0.05) is 30.6 Å². The third-order valence-corrected chi connectivity index (χ3v) is 2.62. The Labute approximate surface area is 120 Å². The van der Waals surface area contributed by atoms with Gasteiger partial charge in [-0.3, -0.25) is 10.1 Å². The maximum absolute atomic E-state index is 10.7. The number of nitrogens with one attached hydrogen (secondary N) is 1. The smallest absolute Gasteiger partial charge is 0.322 e. The van der Waals surface area contributed by atoms with Crippen molar-refractivity contribution in [2.24, 2.45) is 0 Å². The number of ether oxygens (including phenoxy) is 2. The lowest BCUT2D eigenvalue weighted by atomic mass is 10.3. The summed E-state index contributed by atoms with van der Waals surface area (Å²) in [6, 6.07) is 4.20. The van der Waals surface area contributed by atoms with Gasteiger partial charge in [-0.2, -0.15) is 0 Å². The van der Waals surface area contributed by atoms with Gasteiger partial charge >= 0.3 is 6.01 Å². The first kappa shape index (κ1) is 14.7. The zero-order chi connectivity index (χ0) is 15.2. The van der Waals surface area contributed by atoms with E-state index in [-0.39, 0.29) is 17.4 Å². The highest BCUT2D eigenvalue weighted by molar-refractivity contribution is 5.49. The first-order valence-corrected chi connectivity index (χ1v) is 6.10. The number of non-ortho nitro benzene ring substituents is 1. The molecule has 1 aromatic heterocycles. The van der Waals surface area contributed by atoms with Gasteiger partial charge < -0.3 is 14.8 Å². The molecule has 2 rings (SSSR count). The third-order valence-electron chi connectivity index (χ3n) is 2.62. The van der Waals surface area contributed by atoms with Gasteiger partial charge in [0.2, 0.25) is 0 Å². The van der Waals surface area contributed by atoms with E-state index >= 15 is 0 Å². The molecule has 1 N–H and O–H groups in total. The topological polar surface area (TPSA) is 99.4 Å². The molecule has 0 aliphatic heterocycles. The molecule has 0 spiro atoms. The minimum atomic E-state index is -0.505. The standard InChI is InChI=1S/C13H14N4O4/c1-14-6-9-7-15-13(16-8-9)21-11-4-3-10(17(18)19)5-12(11)20-2/h3-5,7-8,14H,6H2,1-2H3. The second-order valence-corrected chi connectivity index (χ2v) is 4.10. The fraction of sp³-hybridized carbons (Fsp3) is 0.231. The summed E-state index contributed by atoms with van der Waals surface area (Å²) in [6.45, 7) is 0.654. The largest absolute Gasteiger partial charge is 0.493 e. The van der Waals surface area contributed by atoms with E-state index in [4.69, 9.17) is 9.47 Å². The van der Waals surface area contributed by atoms with Gasteiger partial charge in [0.1, 0.15) is 0 Å². The summed E-state index contributed by atoms with van der Waals surface area (Å²) >= 11 is 0. The summed E-state index contributed by atoms with van der Waals surface area (Å²) in [5.74, 6) is 0.552. The number of nitro benzene ring substituents is 1. The van der Waals surface area contributed by atoms with Crippen LogP contribution in [0.2, 0.25) is 0 Å². The van der Waals surface area contributed by atoms with E-state index < -0.39 is 4.92 Å². The zero-order valence-corrected chi connectivity index (χ0v) is 11.6. The zero-order valence-electron chi connectivity index (χ0n) is 11.6. The maximum Gasteiger partial charge on any atom is 0.322 e. The van der Waals surface area contributed by atoms with Crippen LogP contribution in [-0.4, -0.2) is 29.0 Å². The van der Waals surface area contributed by atoms with Gasteiger partial charge in [-0.1, -0.05) is 0 Å². The van der Waals surface area contributed by atoms with Crippen LogP contribution in [0.4, 0.5) is 5.69 Å². The van der Waals surface area contributed by atoms with E-state index in [1.54, 1.807) is 12.4 Å². The molecule has 2 aromatic rings. The first-order valence-electron chi connectivity index (χ1n) is 6.10. The Morgan fingerprint density at radius 1 is 1.29 bits per heavy atom. The van der Waals surface area contributed by atoms with E-state index in [9.17, 15) is 10.1 Å². The SMILES string of the molecule is CNCc1cnc(Oc2ccc([N+](=O)[O-])cc2OC)nc1. The average Bonchev–Trinajstić information content (AvgIpc) is 2.49. The molecule has 0 unspecified atom stereocenters. The van der Waals surface area contributed by atoms with Crippen LogP contribution in [0.25, 0.3) is 0 Å². The lowest BCUT2D eigenvalue weighted by Crippen LogP contribution is -2.06. The van der Waals surface area contributed by atoms with E-state index in [2.05, 4.69) is 15.3 Å². The molecular weight excluding hydrogens is 276 g/mol. The Morgan fingerprint density at radius 2 is 2.00 bits per heavy atom. The van der Waals surface area contributed by atoms with E-state index in [0.29, 0.717) is 12.3 Å². The summed E-state index contributed by atoms with van der Waals surface area (Å²) < 4.78 is 10.6. The van der Waals surface area contributed by atoms with Crippen LogP contribution in [-0.2, 0) is 6.54 Å². The van der Waals surface area contributed by atoms with Crippen LogP contribution in [0, 0.1) is 10.1 Å². The number of aromatic nitrogens is 2. The van der Waals surface area contributed by atoms with Crippen LogP contribution in [0.1, 0.15) is 5.56 Å². The lowest BCUT2D eigenvalue weighted by Gasteiger charge is -2.08. The Morgan fingerprint density at radius 3 is 2.57 bits per heavy atom. The molecule has 0 saturated carbocycles. The van der Waals surface area contributed by atoms with Gasteiger partial charge in [-0.15, -0.1) is 0 Å². The number of nitrogens with zero attached hydrogens (tertiary/aromatic N) is 3. The van der Waals surface area contributed by atoms with Gasteiger partial charge in [0.05, 0.1) is 18.1 Å². The number of hydrogen-bond acceptors (Lipinski definition) is 7. The van der Waals surface area contributed by atoms with Crippen LogP contribution in [0.3, 0.4) is 0 Å². The van der Waals surface area contributed by atoms with E-state index in [1.165, 1.54) is 25.3 Å². The van der Waals surface area contributed by atoms with Crippen molar-refractivity contribution in [2.75, 3.05) is 14.2 Å². The molecule has 110 valence electrons. The molecule has 0 aliphatic carbocycles.